The average molecular weight is 509 g/mol. The molecule has 4 aromatic rings. The number of ether oxygens (including phenoxy) is 1. The molecule has 2 atom stereocenters. The van der Waals surface area contributed by atoms with Crippen LogP contribution in [-0.2, 0) is 9.53 Å². The molecule has 1 saturated heterocycles. The molecule has 1 aromatic carbocycles. The number of anilines is 3. The zero-order valence-electron chi connectivity index (χ0n) is 20.0. The van der Waals surface area contributed by atoms with Gasteiger partial charge in [0.05, 0.1) is 19.3 Å². The van der Waals surface area contributed by atoms with Gasteiger partial charge >= 0.3 is 0 Å². The number of aliphatic hydroxyl groups excluding tert-OH is 1. The van der Waals surface area contributed by atoms with Crippen LogP contribution in [0.2, 0.25) is 0 Å². The standard InChI is InChI=1S/C24H28N8O3S/c1-15-10-20(30-29-15)26-23-28-24(27-21-4-3-9-32(21)23)36-19-7-5-16(6-8-19)25-22(34)13-31-12-18(35-2)11-17(31)14-33/h3-10,17-18,33H,11-14H2,1-2H3,(H,25,34)(H2,26,27,28,29,30)/t17-,18-/m0/s1. The van der Waals surface area contributed by atoms with Gasteiger partial charge in [-0.05, 0) is 61.5 Å². The van der Waals surface area contributed by atoms with E-state index in [1.165, 1.54) is 11.8 Å². The van der Waals surface area contributed by atoms with E-state index < -0.39 is 0 Å². The maximum atomic E-state index is 12.6. The Morgan fingerprint density at radius 3 is 2.83 bits per heavy atom. The van der Waals surface area contributed by atoms with Crippen LogP contribution in [0, 0.1) is 6.92 Å². The Balaban J connectivity index is 1.23. The molecule has 188 valence electrons. The summed E-state index contributed by atoms with van der Waals surface area (Å²) >= 11 is 1.43. The van der Waals surface area contributed by atoms with Gasteiger partial charge in [-0.3, -0.25) is 19.2 Å². The van der Waals surface area contributed by atoms with Crippen molar-refractivity contribution < 1.29 is 14.6 Å². The highest BCUT2D eigenvalue weighted by Crippen LogP contribution is 2.28. The number of nitrogens with one attached hydrogen (secondary N) is 3. The summed E-state index contributed by atoms with van der Waals surface area (Å²) in [6, 6.07) is 13.2. The molecule has 0 radical (unpaired) electrons. The van der Waals surface area contributed by atoms with Crippen LogP contribution >= 0.6 is 11.8 Å². The second-order valence-electron chi connectivity index (χ2n) is 8.66. The molecule has 1 fully saturated rings. The molecule has 11 nitrogen and oxygen atoms in total. The zero-order valence-corrected chi connectivity index (χ0v) is 20.8. The van der Waals surface area contributed by atoms with Crippen molar-refractivity contribution in [3.05, 3.63) is 54.4 Å². The molecule has 12 heteroatoms. The Morgan fingerprint density at radius 2 is 2.11 bits per heavy atom. The monoisotopic (exact) mass is 508 g/mol. The van der Waals surface area contributed by atoms with Gasteiger partial charge in [0, 0.05) is 48.2 Å². The average Bonchev–Trinajstić information content (AvgIpc) is 3.60. The van der Waals surface area contributed by atoms with Gasteiger partial charge in [-0.25, -0.2) is 4.98 Å². The Kier molecular flexibility index (Phi) is 7.18. The number of carbonyl (C=O) groups excluding carboxylic acids is 1. The molecule has 1 aliphatic heterocycles. The number of aromatic nitrogens is 5. The van der Waals surface area contributed by atoms with Gasteiger partial charge in [-0.2, -0.15) is 10.1 Å². The van der Waals surface area contributed by atoms with Crippen LogP contribution in [-0.4, -0.2) is 79.4 Å². The molecule has 0 spiro atoms. The highest BCUT2D eigenvalue weighted by molar-refractivity contribution is 7.99. The molecule has 1 aliphatic rings. The summed E-state index contributed by atoms with van der Waals surface area (Å²) in [4.78, 5) is 24.8. The minimum absolute atomic E-state index is 0.00866. The maximum Gasteiger partial charge on any atom is 0.238 e. The fourth-order valence-corrected chi connectivity index (χ4v) is 4.98. The molecule has 1 amide bonds. The van der Waals surface area contributed by atoms with Crippen molar-refractivity contribution in [2.75, 3.05) is 37.4 Å². The quantitative estimate of drug-likeness (QED) is 0.269. The molecule has 0 unspecified atom stereocenters. The van der Waals surface area contributed by atoms with Crippen LogP contribution in [0.3, 0.4) is 0 Å². The van der Waals surface area contributed by atoms with E-state index in [9.17, 15) is 9.90 Å². The topological polar surface area (TPSA) is 133 Å². The first-order valence-electron chi connectivity index (χ1n) is 11.6. The van der Waals surface area contributed by atoms with E-state index in [2.05, 4.69) is 30.8 Å². The summed E-state index contributed by atoms with van der Waals surface area (Å²) in [6.07, 6.45) is 2.66. The van der Waals surface area contributed by atoms with Crippen molar-refractivity contribution in [3.8, 4) is 0 Å². The van der Waals surface area contributed by atoms with Crippen LogP contribution < -0.4 is 10.6 Å². The van der Waals surface area contributed by atoms with Gasteiger partial charge in [0.15, 0.2) is 11.0 Å². The number of aliphatic hydroxyl groups is 1. The van der Waals surface area contributed by atoms with Gasteiger partial charge < -0.3 is 20.5 Å². The predicted molar refractivity (Wildman–Crippen MR) is 137 cm³/mol. The highest BCUT2D eigenvalue weighted by atomic mass is 32.2. The van der Waals surface area contributed by atoms with Gasteiger partial charge in [-0.1, -0.05) is 0 Å². The fourth-order valence-electron chi connectivity index (χ4n) is 4.23. The molecule has 4 N–H and O–H groups in total. The number of aromatic amines is 1. The van der Waals surface area contributed by atoms with Crippen molar-refractivity contribution in [2.45, 2.75) is 35.5 Å². The van der Waals surface area contributed by atoms with Crippen molar-refractivity contribution >= 4 is 40.8 Å². The van der Waals surface area contributed by atoms with Crippen LogP contribution in [0.5, 0.6) is 0 Å². The summed E-state index contributed by atoms with van der Waals surface area (Å²) < 4.78 is 7.25. The summed E-state index contributed by atoms with van der Waals surface area (Å²) in [5.74, 6) is 1.16. The van der Waals surface area contributed by atoms with Gasteiger partial charge in [-0.15, -0.1) is 0 Å². The number of carbonyl (C=O) groups is 1. The van der Waals surface area contributed by atoms with Gasteiger partial charge in [0.2, 0.25) is 11.9 Å². The van der Waals surface area contributed by atoms with E-state index in [0.717, 1.165) is 22.7 Å². The van der Waals surface area contributed by atoms with Crippen LogP contribution in [0.1, 0.15) is 12.1 Å². The molecule has 0 bridgehead atoms. The van der Waals surface area contributed by atoms with E-state index >= 15 is 0 Å². The van der Waals surface area contributed by atoms with E-state index in [1.54, 1.807) is 7.11 Å². The molecular weight excluding hydrogens is 480 g/mol. The second-order valence-corrected chi connectivity index (χ2v) is 9.70. The molecule has 0 saturated carbocycles. The predicted octanol–water partition coefficient (Wildman–Crippen LogP) is 2.68. The number of fused-ring (bicyclic) bond motifs is 1. The first-order chi connectivity index (χ1) is 17.5. The molecule has 36 heavy (non-hydrogen) atoms. The Labute approximate surface area is 212 Å². The maximum absolute atomic E-state index is 12.6. The van der Waals surface area contributed by atoms with Gasteiger partial charge in [0.25, 0.3) is 0 Å². The highest BCUT2D eigenvalue weighted by Gasteiger charge is 2.32. The minimum atomic E-state index is -0.128. The largest absolute Gasteiger partial charge is 0.395 e. The third-order valence-corrected chi connectivity index (χ3v) is 6.91. The number of likely N-dealkylation sites (tertiary alicyclic amines) is 1. The minimum Gasteiger partial charge on any atom is -0.395 e. The third kappa shape index (κ3) is 5.51. The summed E-state index contributed by atoms with van der Waals surface area (Å²) in [6.45, 7) is 2.78. The van der Waals surface area contributed by atoms with E-state index in [4.69, 9.17) is 4.74 Å². The Morgan fingerprint density at radius 1 is 1.28 bits per heavy atom. The second kappa shape index (κ2) is 10.7. The lowest BCUT2D eigenvalue weighted by Crippen LogP contribution is -2.38. The van der Waals surface area contributed by atoms with Crippen molar-refractivity contribution in [3.63, 3.8) is 0 Å². The van der Waals surface area contributed by atoms with Crippen molar-refractivity contribution in [1.29, 1.82) is 0 Å². The van der Waals surface area contributed by atoms with E-state index in [0.29, 0.717) is 29.2 Å². The molecule has 3 aromatic heterocycles. The molecular formula is C24H28N8O3S. The third-order valence-electron chi connectivity index (χ3n) is 6.04. The van der Waals surface area contributed by atoms with E-state index in [1.807, 2.05) is 64.9 Å². The smallest absolute Gasteiger partial charge is 0.238 e. The van der Waals surface area contributed by atoms with Crippen LogP contribution in [0.25, 0.3) is 5.65 Å². The molecule has 5 rings (SSSR count). The fraction of sp³-hybridized carbons (Fsp3) is 0.333. The van der Waals surface area contributed by atoms with Crippen LogP contribution in [0.15, 0.2) is 58.7 Å². The first-order valence-corrected chi connectivity index (χ1v) is 12.4. The number of hydrogen-bond donors (Lipinski definition) is 4. The normalized spacial score (nSPS) is 18.1. The number of rotatable bonds is 9. The summed E-state index contributed by atoms with van der Waals surface area (Å²) in [5.41, 5.74) is 2.42. The van der Waals surface area contributed by atoms with Crippen LogP contribution in [0.4, 0.5) is 17.5 Å². The number of methoxy groups -OCH3 is 1. The summed E-state index contributed by atoms with van der Waals surface area (Å²) in [5, 5.41) is 23.5. The van der Waals surface area contributed by atoms with Gasteiger partial charge in [0.1, 0.15) is 5.65 Å². The Hall–Kier alpha value is -3.45. The number of H-pyrrole nitrogens is 1. The van der Waals surface area contributed by atoms with E-state index in [-0.39, 0.29) is 31.2 Å². The number of nitrogens with zero attached hydrogens (tertiary/aromatic N) is 5. The lowest BCUT2D eigenvalue weighted by molar-refractivity contribution is -0.117. The number of amides is 1. The lowest BCUT2D eigenvalue weighted by Gasteiger charge is -2.21. The molecule has 0 aliphatic carbocycles. The van der Waals surface area contributed by atoms with Crippen molar-refractivity contribution in [1.82, 2.24) is 29.5 Å². The lowest BCUT2D eigenvalue weighted by atomic mass is 10.2. The van der Waals surface area contributed by atoms with Crippen molar-refractivity contribution in [2.24, 2.45) is 0 Å². The number of aryl methyl sites for hydroxylation is 1. The SMILES string of the molecule is CO[C@H]1C[C@@H](CO)N(CC(=O)Nc2ccc(Sc3nc(Nc4cc(C)[nH]n4)n4cccc4n3)cc2)C1. The first kappa shape index (κ1) is 24.3. The number of hydrogen-bond acceptors (Lipinski definition) is 9. The Bertz CT molecular complexity index is 1340. The summed E-state index contributed by atoms with van der Waals surface area (Å²) in [7, 11) is 1.65. The zero-order chi connectivity index (χ0) is 25.1. The number of benzene rings is 1. The molecule has 4 heterocycles.